The van der Waals surface area contributed by atoms with Gasteiger partial charge in [0.25, 0.3) is 0 Å². The maximum Gasteiger partial charge on any atom is -0.00232 e. The average Bonchev–Trinajstić information content (AvgIpc) is 2.54. The van der Waals surface area contributed by atoms with Crippen LogP contribution in [0.5, 0.6) is 0 Å². The van der Waals surface area contributed by atoms with Gasteiger partial charge in [-0.1, -0.05) is 39.5 Å². The lowest BCUT2D eigenvalue weighted by molar-refractivity contribution is 0.487. The zero-order valence-electron chi connectivity index (χ0n) is 15.3. The molecule has 0 rings (SSSR count). The quantitative estimate of drug-likeness (QED) is 0.294. The minimum Gasteiger partial charge on any atom is -0.330 e. The number of unbranched alkanes of at least 4 members (excludes halogenated alkanes) is 4. The van der Waals surface area contributed by atoms with Crippen LogP contribution in [0.3, 0.4) is 0 Å². The molecule has 5 N–H and O–H groups in total. The van der Waals surface area contributed by atoms with Crippen LogP contribution >= 0.6 is 0 Å². The van der Waals surface area contributed by atoms with Crippen LogP contribution in [0.25, 0.3) is 0 Å². The number of nitrogens with one attached hydrogen (secondary N) is 3. The first-order chi connectivity index (χ1) is 10.8. The second-order valence-electron chi connectivity index (χ2n) is 6.48. The molecule has 4 nitrogen and oxygen atoms in total. The zero-order chi connectivity index (χ0) is 16.3. The molecule has 0 aromatic carbocycles. The lowest BCUT2D eigenvalue weighted by atomic mass is 10.1. The summed E-state index contributed by atoms with van der Waals surface area (Å²) in [6.45, 7) is 12.2. The molecule has 0 fully saturated rings. The summed E-state index contributed by atoms with van der Waals surface area (Å²) in [5.41, 5.74) is 5.45. The van der Waals surface area contributed by atoms with Crippen LogP contribution in [-0.2, 0) is 0 Å². The molecule has 0 spiro atoms. The lowest BCUT2D eigenvalue weighted by Gasteiger charge is -2.10. The minimum atomic E-state index is 0.800. The standard InChI is InChI=1S/C18H42N4/c1-3-18(2)17-22-16-10-15-21-13-8-6-4-5-7-12-20-14-9-11-19/h18,20-22H,3-17,19H2,1-2H3/t18-/m0/s1. The van der Waals surface area contributed by atoms with Gasteiger partial charge in [-0.3, -0.25) is 0 Å². The molecule has 0 saturated heterocycles. The molecule has 0 aromatic heterocycles. The van der Waals surface area contributed by atoms with Crippen molar-refractivity contribution in [1.29, 1.82) is 0 Å². The van der Waals surface area contributed by atoms with Crippen LogP contribution in [0.4, 0.5) is 0 Å². The Morgan fingerprint density at radius 3 is 1.77 bits per heavy atom. The van der Waals surface area contributed by atoms with Crippen molar-refractivity contribution < 1.29 is 0 Å². The van der Waals surface area contributed by atoms with Crippen LogP contribution in [-0.4, -0.2) is 45.8 Å². The highest BCUT2D eigenvalue weighted by molar-refractivity contribution is 4.57. The Morgan fingerprint density at radius 1 is 0.682 bits per heavy atom. The van der Waals surface area contributed by atoms with E-state index in [0.717, 1.165) is 51.6 Å². The predicted octanol–water partition coefficient (Wildman–Crippen LogP) is 2.49. The first-order valence-corrected chi connectivity index (χ1v) is 9.63. The molecule has 0 aliphatic heterocycles. The highest BCUT2D eigenvalue weighted by Crippen LogP contribution is 2.01. The van der Waals surface area contributed by atoms with Crippen molar-refractivity contribution in [3.05, 3.63) is 0 Å². The van der Waals surface area contributed by atoms with E-state index in [1.807, 2.05) is 0 Å². The summed E-state index contributed by atoms with van der Waals surface area (Å²) < 4.78 is 0. The van der Waals surface area contributed by atoms with Gasteiger partial charge in [0.1, 0.15) is 0 Å². The highest BCUT2D eigenvalue weighted by atomic mass is 14.9. The summed E-state index contributed by atoms with van der Waals surface area (Å²) >= 11 is 0. The summed E-state index contributed by atoms with van der Waals surface area (Å²) in [5, 5.41) is 10.5. The third kappa shape index (κ3) is 17.9. The molecular weight excluding hydrogens is 272 g/mol. The van der Waals surface area contributed by atoms with Crippen LogP contribution < -0.4 is 21.7 Å². The fourth-order valence-electron chi connectivity index (χ4n) is 2.34. The third-order valence-corrected chi connectivity index (χ3v) is 4.16. The monoisotopic (exact) mass is 314 g/mol. The van der Waals surface area contributed by atoms with Gasteiger partial charge in [0.15, 0.2) is 0 Å². The molecule has 4 heteroatoms. The molecule has 0 bridgehead atoms. The Morgan fingerprint density at radius 2 is 1.18 bits per heavy atom. The molecule has 22 heavy (non-hydrogen) atoms. The van der Waals surface area contributed by atoms with Crippen LogP contribution in [0.1, 0.15) is 65.2 Å². The van der Waals surface area contributed by atoms with E-state index in [0.29, 0.717) is 0 Å². The first-order valence-electron chi connectivity index (χ1n) is 9.63. The fraction of sp³-hybridized carbons (Fsp3) is 1.00. The van der Waals surface area contributed by atoms with E-state index in [2.05, 4.69) is 29.8 Å². The molecule has 0 amide bonds. The Balaban J connectivity index is 2.97. The van der Waals surface area contributed by atoms with Gasteiger partial charge in [0.05, 0.1) is 0 Å². The van der Waals surface area contributed by atoms with Crippen molar-refractivity contribution in [1.82, 2.24) is 16.0 Å². The van der Waals surface area contributed by atoms with Gasteiger partial charge < -0.3 is 21.7 Å². The zero-order valence-corrected chi connectivity index (χ0v) is 15.3. The van der Waals surface area contributed by atoms with E-state index in [9.17, 15) is 0 Å². The van der Waals surface area contributed by atoms with Crippen molar-refractivity contribution in [2.24, 2.45) is 11.7 Å². The summed E-state index contributed by atoms with van der Waals surface area (Å²) in [4.78, 5) is 0. The topological polar surface area (TPSA) is 62.1 Å². The van der Waals surface area contributed by atoms with E-state index in [4.69, 9.17) is 5.73 Å². The Kier molecular flexibility index (Phi) is 18.8. The summed E-state index contributed by atoms with van der Waals surface area (Å²) in [6.07, 6.45) is 10.3. The van der Waals surface area contributed by atoms with Gasteiger partial charge in [0.2, 0.25) is 0 Å². The highest BCUT2D eigenvalue weighted by Gasteiger charge is 1.96. The number of nitrogens with two attached hydrogens (primary N) is 1. The van der Waals surface area contributed by atoms with Crippen molar-refractivity contribution in [2.45, 2.75) is 65.2 Å². The second kappa shape index (κ2) is 18.9. The molecule has 0 aliphatic carbocycles. The summed E-state index contributed by atoms with van der Waals surface area (Å²) in [7, 11) is 0. The van der Waals surface area contributed by atoms with Crippen LogP contribution in [0.2, 0.25) is 0 Å². The molecule has 134 valence electrons. The molecule has 0 radical (unpaired) electrons. The molecule has 1 atom stereocenters. The summed E-state index contributed by atoms with van der Waals surface area (Å²) in [5.74, 6) is 0.809. The largest absolute Gasteiger partial charge is 0.330 e. The summed E-state index contributed by atoms with van der Waals surface area (Å²) in [6, 6.07) is 0. The minimum absolute atomic E-state index is 0.800. The van der Waals surface area contributed by atoms with Gasteiger partial charge >= 0.3 is 0 Å². The van der Waals surface area contributed by atoms with Crippen molar-refractivity contribution in [3.8, 4) is 0 Å². The van der Waals surface area contributed by atoms with E-state index in [-0.39, 0.29) is 0 Å². The van der Waals surface area contributed by atoms with E-state index in [1.54, 1.807) is 0 Å². The normalized spacial score (nSPS) is 12.7. The molecule has 0 unspecified atom stereocenters. The molecule has 0 saturated carbocycles. The fourth-order valence-corrected chi connectivity index (χ4v) is 2.34. The Hall–Kier alpha value is -0.160. The van der Waals surface area contributed by atoms with Gasteiger partial charge in [-0.25, -0.2) is 0 Å². The van der Waals surface area contributed by atoms with Crippen LogP contribution in [0.15, 0.2) is 0 Å². The first kappa shape index (κ1) is 21.8. The molecular formula is C18H42N4. The van der Waals surface area contributed by atoms with Crippen LogP contribution in [0, 0.1) is 5.92 Å². The Labute approximate surface area is 139 Å². The van der Waals surface area contributed by atoms with Gasteiger partial charge in [-0.15, -0.1) is 0 Å². The maximum atomic E-state index is 5.45. The number of rotatable bonds is 18. The van der Waals surface area contributed by atoms with Gasteiger partial charge in [-0.05, 0) is 77.4 Å². The lowest BCUT2D eigenvalue weighted by Crippen LogP contribution is -2.25. The third-order valence-electron chi connectivity index (χ3n) is 4.16. The predicted molar refractivity (Wildman–Crippen MR) is 99.4 cm³/mol. The molecule has 0 aromatic rings. The second-order valence-corrected chi connectivity index (χ2v) is 6.48. The van der Waals surface area contributed by atoms with E-state index < -0.39 is 0 Å². The SMILES string of the molecule is CC[C@H](C)CNCCCNCCCCCCCNCCCN. The van der Waals surface area contributed by atoms with Crippen molar-refractivity contribution in [2.75, 3.05) is 45.8 Å². The van der Waals surface area contributed by atoms with Crippen molar-refractivity contribution >= 4 is 0 Å². The average molecular weight is 315 g/mol. The number of hydrogen-bond acceptors (Lipinski definition) is 4. The molecule has 0 heterocycles. The van der Waals surface area contributed by atoms with Gasteiger partial charge in [0, 0.05) is 0 Å². The smallest absolute Gasteiger partial charge is 0.00232 e. The van der Waals surface area contributed by atoms with Gasteiger partial charge in [-0.2, -0.15) is 0 Å². The van der Waals surface area contributed by atoms with Crippen molar-refractivity contribution in [3.63, 3.8) is 0 Å². The number of hydrogen-bond donors (Lipinski definition) is 4. The van der Waals surface area contributed by atoms with E-state index in [1.165, 1.54) is 51.5 Å². The molecule has 0 aliphatic rings. The Bertz CT molecular complexity index is 200. The maximum absolute atomic E-state index is 5.45. The van der Waals surface area contributed by atoms with E-state index >= 15 is 0 Å².